The lowest BCUT2D eigenvalue weighted by molar-refractivity contribution is -0.137. The van der Waals surface area contributed by atoms with Gasteiger partial charge in [-0.05, 0) is 17.7 Å². The Kier molecular flexibility index (Phi) is 4.51. The summed E-state index contributed by atoms with van der Waals surface area (Å²) in [7, 11) is 0. The van der Waals surface area contributed by atoms with Crippen molar-refractivity contribution in [3.8, 4) is 0 Å². The maximum Gasteiger partial charge on any atom is 0.416 e. The van der Waals surface area contributed by atoms with Crippen molar-refractivity contribution in [2.75, 3.05) is 26.2 Å². The van der Waals surface area contributed by atoms with Gasteiger partial charge in [-0.25, -0.2) is 0 Å². The summed E-state index contributed by atoms with van der Waals surface area (Å²) in [6.45, 7) is 4.05. The van der Waals surface area contributed by atoms with Crippen LogP contribution >= 0.6 is 15.9 Å². The van der Waals surface area contributed by atoms with Gasteiger partial charge in [0.25, 0.3) is 0 Å². The number of ether oxygens (including phenoxy) is 1. The lowest BCUT2D eigenvalue weighted by atomic mass is 10.00. The van der Waals surface area contributed by atoms with Crippen molar-refractivity contribution < 1.29 is 17.9 Å². The third-order valence-electron chi connectivity index (χ3n) is 4.37. The average Bonchev–Trinajstić information content (AvgIpc) is 2.91. The molecule has 0 aliphatic carbocycles. The van der Waals surface area contributed by atoms with Gasteiger partial charge in [-0.1, -0.05) is 22.0 Å². The van der Waals surface area contributed by atoms with Crippen LogP contribution in [0.2, 0.25) is 0 Å². The number of piperidine rings is 1. The zero-order valence-corrected chi connectivity index (χ0v) is 13.6. The van der Waals surface area contributed by atoms with E-state index in [1.807, 2.05) is 0 Å². The molecule has 22 heavy (non-hydrogen) atoms. The topological polar surface area (TPSA) is 24.5 Å². The quantitative estimate of drug-likeness (QED) is 0.853. The van der Waals surface area contributed by atoms with Gasteiger partial charge in [-0.15, -0.1) is 0 Å². The molecule has 3 nitrogen and oxygen atoms in total. The molecule has 0 aromatic heterocycles. The van der Waals surface area contributed by atoms with E-state index in [1.165, 1.54) is 0 Å². The number of alkyl halides is 3. The molecule has 1 N–H and O–H groups in total. The second kappa shape index (κ2) is 6.11. The summed E-state index contributed by atoms with van der Waals surface area (Å²) in [5.74, 6) is 0. The third kappa shape index (κ3) is 3.48. The lowest BCUT2D eigenvalue weighted by Crippen LogP contribution is -2.50. The summed E-state index contributed by atoms with van der Waals surface area (Å²) in [6.07, 6.45) is -2.49. The Morgan fingerprint density at radius 1 is 1.27 bits per heavy atom. The molecule has 0 saturated carbocycles. The van der Waals surface area contributed by atoms with Crippen LogP contribution in [0.5, 0.6) is 0 Å². The van der Waals surface area contributed by atoms with Crippen LogP contribution in [0.3, 0.4) is 0 Å². The van der Waals surface area contributed by atoms with E-state index in [4.69, 9.17) is 4.74 Å². The first-order valence-electron chi connectivity index (χ1n) is 7.35. The second-order valence-corrected chi connectivity index (χ2v) is 6.70. The fraction of sp³-hybridized carbons (Fsp3) is 0.600. The van der Waals surface area contributed by atoms with Crippen LogP contribution in [0.4, 0.5) is 13.2 Å². The lowest BCUT2D eigenvalue weighted by Gasteiger charge is -2.38. The van der Waals surface area contributed by atoms with Crippen molar-refractivity contribution in [3.63, 3.8) is 0 Å². The monoisotopic (exact) mass is 378 g/mol. The van der Waals surface area contributed by atoms with E-state index in [1.54, 1.807) is 6.07 Å². The second-order valence-electron chi connectivity index (χ2n) is 5.85. The number of hydrogen-bond acceptors (Lipinski definition) is 3. The average molecular weight is 379 g/mol. The smallest absolute Gasteiger partial charge is 0.359 e. The first-order chi connectivity index (χ1) is 10.4. The van der Waals surface area contributed by atoms with Gasteiger partial charge in [-0.2, -0.15) is 13.2 Å². The highest BCUT2D eigenvalue weighted by Gasteiger charge is 2.38. The summed E-state index contributed by atoms with van der Waals surface area (Å²) >= 11 is 3.26. The largest absolute Gasteiger partial charge is 0.416 e. The Bertz CT molecular complexity index is 534. The SMILES string of the molecule is FC(F)(F)c1ccc(CN2CCC3(CC2)NCCO3)c(Br)c1. The van der Waals surface area contributed by atoms with E-state index in [-0.39, 0.29) is 5.72 Å². The predicted octanol–water partition coefficient (Wildman–Crippen LogP) is 3.38. The minimum atomic E-state index is -4.30. The fourth-order valence-corrected chi connectivity index (χ4v) is 3.57. The van der Waals surface area contributed by atoms with Crippen molar-refractivity contribution in [1.82, 2.24) is 10.2 Å². The number of nitrogens with one attached hydrogen (secondary N) is 1. The van der Waals surface area contributed by atoms with E-state index in [0.717, 1.165) is 56.8 Å². The van der Waals surface area contributed by atoms with Crippen LogP contribution in [0, 0.1) is 0 Å². The fourth-order valence-electron chi connectivity index (χ4n) is 3.06. The zero-order chi connectivity index (χ0) is 15.8. The summed E-state index contributed by atoms with van der Waals surface area (Å²) in [5, 5.41) is 3.41. The van der Waals surface area contributed by atoms with E-state index >= 15 is 0 Å². The molecule has 0 amide bonds. The van der Waals surface area contributed by atoms with Crippen molar-refractivity contribution in [1.29, 1.82) is 0 Å². The predicted molar refractivity (Wildman–Crippen MR) is 80.3 cm³/mol. The minimum Gasteiger partial charge on any atom is -0.359 e. The van der Waals surface area contributed by atoms with Gasteiger partial charge >= 0.3 is 6.18 Å². The summed E-state index contributed by atoms with van der Waals surface area (Å²) < 4.78 is 44.3. The Labute approximate surface area is 135 Å². The molecule has 0 atom stereocenters. The van der Waals surface area contributed by atoms with Gasteiger partial charge < -0.3 is 4.74 Å². The highest BCUT2D eigenvalue weighted by atomic mass is 79.9. The molecule has 2 saturated heterocycles. The van der Waals surface area contributed by atoms with Crippen LogP contribution in [-0.2, 0) is 17.5 Å². The molecule has 1 spiro atoms. The summed E-state index contributed by atoms with van der Waals surface area (Å²) in [5.41, 5.74) is 0.0852. The molecular weight excluding hydrogens is 361 g/mol. The van der Waals surface area contributed by atoms with Crippen LogP contribution < -0.4 is 5.32 Å². The Hall–Kier alpha value is -0.630. The van der Waals surface area contributed by atoms with Crippen LogP contribution in [0.15, 0.2) is 22.7 Å². The Morgan fingerprint density at radius 2 is 2.00 bits per heavy atom. The van der Waals surface area contributed by atoms with Gasteiger partial charge in [-0.3, -0.25) is 10.2 Å². The van der Waals surface area contributed by atoms with Crippen LogP contribution in [0.25, 0.3) is 0 Å². The summed E-state index contributed by atoms with van der Waals surface area (Å²) in [4.78, 5) is 2.25. The molecule has 1 aromatic rings. The normalized spacial score (nSPS) is 22.4. The molecule has 0 radical (unpaired) electrons. The van der Waals surface area contributed by atoms with E-state index < -0.39 is 11.7 Å². The number of benzene rings is 1. The molecule has 2 aliphatic rings. The highest BCUT2D eigenvalue weighted by molar-refractivity contribution is 9.10. The zero-order valence-electron chi connectivity index (χ0n) is 12.0. The van der Waals surface area contributed by atoms with Gasteiger partial charge in [0.05, 0.1) is 12.2 Å². The van der Waals surface area contributed by atoms with Crippen molar-refractivity contribution in [2.24, 2.45) is 0 Å². The first-order valence-corrected chi connectivity index (χ1v) is 8.14. The van der Waals surface area contributed by atoms with Gasteiger partial charge in [0, 0.05) is 43.5 Å². The molecule has 122 valence electrons. The van der Waals surface area contributed by atoms with Gasteiger partial charge in [0.1, 0.15) is 5.72 Å². The first kappa shape index (κ1) is 16.2. The number of nitrogens with zero attached hydrogens (tertiary/aromatic N) is 1. The number of rotatable bonds is 2. The van der Waals surface area contributed by atoms with Crippen molar-refractivity contribution >= 4 is 15.9 Å². The minimum absolute atomic E-state index is 0.173. The van der Waals surface area contributed by atoms with Gasteiger partial charge in [0.2, 0.25) is 0 Å². The molecular formula is C15H18BrF3N2O. The van der Waals surface area contributed by atoms with E-state index in [9.17, 15) is 13.2 Å². The molecule has 2 fully saturated rings. The molecule has 0 bridgehead atoms. The molecule has 0 unspecified atom stereocenters. The number of halogens is 4. The number of hydrogen-bond donors (Lipinski definition) is 1. The molecule has 1 aromatic carbocycles. The van der Waals surface area contributed by atoms with Crippen LogP contribution in [-0.4, -0.2) is 36.9 Å². The van der Waals surface area contributed by atoms with Crippen LogP contribution in [0.1, 0.15) is 24.0 Å². The van der Waals surface area contributed by atoms with E-state index in [0.29, 0.717) is 11.0 Å². The standard InChI is InChI=1S/C15H18BrF3N2O/c16-13-9-12(15(17,18)19)2-1-11(13)10-21-6-3-14(4-7-21)20-5-8-22-14/h1-2,9,20H,3-8,10H2. The van der Waals surface area contributed by atoms with Gasteiger partial charge in [0.15, 0.2) is 0 Å². The third-order valence-corrected chi connectivity index (χ3v) is 5.10. The maximum absolute atomic E-state index is 12.7. The highest BCUT2D eigenvalue weighted by Crippen LogP contribution is 2.33. The molecule has 7 heteroatoms. The number of likely N-dealkylation sites (tertiary alicyclic amines) is 1. The maximum atomic E-state index is 12.7. The molecule has 2 aliphatic heterocycles. The summed E-state index contributed by atoms with van der Waals surface area (Å²) in [6, 6.07) is 3.86. The van der Waals surface area contributed by atoms with E-state index in [2.05, 4.69) is 26.1 Å². The molecule has 2 heterocycles. The Balaban J connectivity index is 1.62. The van der Waals surface area contributed by atoms with Crippen molar-refractivity contribution in [2.45, 2.75) is 31.3 Å². The van der Waals surface area contributed by atoms with Crippen molar-refractivity contribution in [3.05, 3.63) is 33.8 Å². The Morgan fingerprint density at radius 3 is 2.55 bits per heavy atom. The molecule has 3 rings (SSSR count).